The summed E-state index contributed by atoms with van der Waals surface area (Å²) < 4.78 is 1.91. The van der Waals surface area contributed by atoms with E-state index in [9.17, 15) is 9.90 Å². The van der Waals surface area contributed by atoms with Gasteiger partial charge in [0, 0.05) is 12.7 Å². The van der Waals surface area contributed by atoms with Gasteiger partial charge in [-0.25, -0.2) is 0 Å². The fourth-order valence-corrected chi connectivity index (χ4v) is 1.91. The Kier molecular flexibility index (Phi) is 4.29. The van der Waals surface area contributed by atoms with Gasteiger partial charge in [-0.05, 0) is 19.4 Å². The largest absolute Gasteiger partial charge is 0.506 e. The summed E-state index contributed by atoms with van der Waals surface area (Å²) >= 11 is 0. The van der Waals surface area contributed by atoms with Crippen LogP contribution >= 0.6 is 0 Å². The molecule has 1 atom stereocenters. The van der Waals surface area contributed by atoms with Gasteiger partial charge >= 0.3 is 0 Å². The van der Waals surface area contributed by atoms with Gasteiger partial charge in [0.1, 0.15) is 12.1 Å². The van der Waals surface area contributed by atoms with Gasteiger partial charge in [0.2, 0.25) is 0 Å². The number of hydrogen-bond acceptors (Lipinski definition) is 5. The Morgan fingerprint density at radius 1 is 1.50 bits per heavy atom. The number of aryl methyl sites for hydroxylation is 1. The van der Waals surface area contributed by atoms with E-state index in [0.717, 1.165) is 13.0 Å². The van der Waals surface area contributed by atoms with E-state index in [4.69, 9.17) is 0 Å². The Morgan fingerprint density at radius 3 is 3.00 bits per heavy atom. The van der Waals surface area contributed by atoms with E-state index in [0.29, 0.717) is 11.4 Å². The minimum atomic E-state index is -0.313. The number of hydrogen-bond donors (Lipinski definition) is 2. The van der Waals surface area contributed by atoms with Gasteiger partial charge in [0.15, 0.2) is 5.82 Å². The van der Waals surface area contributed by atoms with Crippen LogP contribution in [0.3, 0.4) is 0 Å². The number of nitrogens with one attached hydrogen (secondary N) is 1. The molecular formula is C13H17N5O2. The fraction of sp³-hybridized carbons (Fsp3) is 0.385. The highest BCUT2D eigenvalue weighted by atomic mass is 16.3. The average molecular weight is 275 g/mol. The van der Waals surface area contributed by atoms with Crippen molar-refractivity contribution in [3.63, 3.8) is 0 Å². The summed E-state index contributed by atoms with van der Waals surface area (Å²) in [5, 5.41) is 20.0. The van der Waals surface area contributed by atoms with Crippen LogP contribution in [0.1, 0.15) is 42.5 Å². The molecule has 0 aromatic carbocycles. The molecule has 0 radical (unpaired) electrons. The smallest absolute Gasteiger partial charge is 0.253 e. The normalized spacial score (nSPS) is 12.1. The van der Waals surface area contributed by atoms with Crippen molar-refractivity contribution in [2.45, 2.75) is 32.9 Å². The molecule has 2 aromatic heterocycles. The highest BCUT2D eigenvalue weighted by molar-refractivity contribution is 5.94. The number of carbonyl (C=O) groups is 1. The van der Waals surface area contributed by atoms with Crippen LogP contribution in [0.25, 0.3) is 0 Å². The first-order valence-corrected chi connectivity index (χ1v) is 6.44. The van der Waals surface area contributed by atoms with Crippen molar-refractivity contribution in [1.82, 2.24) is 25.1 Å². The molecule has 0 saturated heterocycles. The summed E-state index contributed by atoms with van der Waals surface area (Å²) in [4.78, 5) is 15.8. The summed E-state index contributed by atoms with van der Waals surface area (Å²) in [6.07, 6.45) is 5.29. The summed E-state index contributed by atoms with van der Waals surface area (Å²) in [5.74, 6) is 0.347. The van der Waals surface area contributed by atoms with E-state index in [1.165, 1.54) is 18.5 Å². The number of carbonyl (C=O) groups excluding carboxylic acids is 1. The molecule has 0 bridgehead atoms. The van der Waals surface area contributed by atoms with Crippen molar-refractivity contribution >= 4 is 5.91 Å². The Bertz CT molecular complexity index is 596. The van der Waals surface area contributed by atoms with Gasteiger partial charge in [-0.2, -0.15) is 0 Å². The first-order valence-electron chi connectivity index (χ1n) is 6.44. The van der Waals surface area contributed by atoms with E-state index >= 15 is 0 Å². The molecule has 0 spiro atoms. The molecule has 0 unspecified atom stereocenters. The molecule has 7 nitrogen and oxygen atoms in total. The van der Waals surface area contributed by atoms with E-state index in [-0.39, 0.29) is 17.7 Å². The lowest BCUT2D eigenvalue weighted by Gasteiger charge is -2.14. The molecule has 20 heavy (non-hydrogen) atoms. The number of aromatic nitrogens is 4. The zero-order valence-corrected chi connectivity index (χ0v) is 11.4. The maximum Gasteiger partial charge on any atom is 0.253 e. The zero-order valence-electron chi connectivity index (χ0n) is 11.4. The van der Waals surface area contributed by atoms with Crippen molar-refractivity contribution in [3.05, 3.63) is 36.2 Å². The first kappa shape index (κ1) is 14.0. The lowest BCUT2D eigenvalue weighted by molar-refractivity contribution is 0.0936. The number of aromatic hydroxyl groups is 1. The van der Waals surface area contributed by atoms with Crippen molar-refractivity contribution < 1.29 is 9.90 Å². The molecule has 0 aliphatic carbocycles. The number of nitrogens with zero attached hydrogens (tertiary/aromatic N) is 4. The zero-order chi connectivity index (χ0) is 14.5. The van der Waals surface area contributed by atoms with Crippen LogP contribution in [0.15, 0.2) is 24.8 Å². The van der Waals surface area contributed by atoms with E-state index in [1.807, 2.05) is 11.5 Å². The maximum absolute atomic E-state index is 12.1. The van der Waals surface area contributed by atoms with E-state index in [2.05, 4.69) is 27.4 Å². The number of pyridine rings is 1. The van der Waals surface area contributed by atoms with Gasteiger partial charge in [0.25, 0.3) is 5.91 Å². The topological polar surface area (TPSA) is 92.9 Å². The van der Waals surface area contributed by atoms with Crippen molar-refractivity contribution in [2.24, 2.45) is 0 Å². The monoisotopic (exact) mass is 275 g/mol. The lowest BCUT2D eigenvalue weighted by atomic mass is 10.2. The van der Waals surface area contributed by atoms with Crippen molar-refractivity contribution in [2.75, 3.05) is 0 Å². The Morgan fingerprint density at radius 2 is 2.30 bits per heavy atom. The van der Waals surface area contributed by atoms with E-state index in [1.54, 1.807) is 6.33 Å². The van der Waals surface area contributed by atoms with Gasteiger partial charge in [-0.3, -0.25) is 9.78 Å². The third-order valence-corrected chi connectivity index (χ3v) is 2.83. The maximum atomic E-state index is 12.1. The third kappa shape index (κ3) is 3.11. The molecule has 1 amide bonds. The predicted octanol–water partition coefficient (Wildman–Crippen LogP) is 1.28. The van der Waals surface area contributed by atoms with Crippen LogP contribution < -0.4 is 5.32 Å². The quantitative estimate of drug-likeness (QED) is 0.857. The van der Waals surface area contributed by atoms with Gasteiger partial charge in [-0.15, -0.1) is 10.2 Å². The molecule has 106 valence electrons. The fourth-order valence-electron chi connectivity index (χ4n) is 1.91. The highest BCUT2D eigenvalue weighted by Crippen LogP contribution is 2.13. The minimum Gasteiger partial charge on any atom is -0.506 e. The third-order valence-electron chi connectivity index (χ3n) is 2.83. The molecule has 0 fully saturated rings. The second-order valence-corrected chi connectivity index (χ2v) is 4.51. The molecule has 2 heterocycles. The lowest BCUT2D eigenvalue weighted by Crippen LogP contribution is -2.28. The molecular weight excluding hydrogens is 258 g/mol. The molecule has 2 aromatic rings. The van der Waals surface area contributed by atoms with Crippen LogP contribution in [0, 0.1) is 0 Å². The summed E-state index contributed by atoms with van der Waals surface area (Å²) in [5.41, 5.74) is 0.304. The average Bonchev–Trinajstić information content (AvgIpc) is 2.87. The second kappa shape index (κ2) is 6.14. The minimum absolute atomic E-state index is 0.0422. The summed E-state index contributed by atoms with van der Waals surface area (Å²) in [7, 11) is 0. The Balaban J connectivity index is 2.09. The van der Waals surface area contributed by atoms with Crippen LogP contribution in [-0.4, -0.2) is 30.8 Å². The molecule has 0 saturated carbocycles. The Labute approximate surface area is 116 Å². The van der Waals surface area contributed by atoms with Crippen LogP contribution in [0.2, 0.25) is 0 Å². The molecule has 2 rings (SSSR count). The number of rotatable bonds is 5. The molecule has 2 N–H and O–H groups in total. The van der Waals surface area contributed by atoms with Gasteiger partial charge in [-0.1, -0.05) is 6.92 Å². The molecule has 7 heteroatoms. The predicted molar refractivity (Wildman–Crippen MR) is 72.1 cm³/mol. The van der Waals surface area contributed by atoms with Crippen LogP contribution in [0.4, 0.5) is 0 Å². The summed E-state index contributed by atoms with van der Waals surface area (Å²) in [6.45, 7) is 4.70. The van der Waals surface area contributed by atoms with Crippen LogP contribution in [0.5, 0.6) is 5.75 Å². The van der Waals surface area contributed by atoms with E-state index < -0.39 is 0 Å². The van der Waals surface area contributed by atoms with Gasteiger partial charge < -0.3 is 15.0 Å². The highest BCUT2D eigenvalue weighted by Gasteiger charge is 2.16. The first-order chi connectivity index (χ1) is 9.61. The van der Waals surface area contributed by atoms with Crippen molar-refractivity contribution in [1.29, 1.82) is 0 Å². The standard InChI is InChI=1S/C13H17N5O2/c1-3-4-18-8-15-17-12(18)9(2)16-13(20)10-5-11(19)7-14-6-10/h5-9,19H,3-4H2,1-2H3,(H,16,20)/t9-/m0/s1. The SMILES string of the molecule is CCCn1cnnc1[C@H](C)NC(=O)c1cncc(O)c1. The van der Waals surface area contributed by atoms with Gasteiger partial charge in [0.05, 0.1) is 17.8 Å². The summed E-state index contributed by atoms with van der Waals surface area (Å²) in [6, 6.07) is 1.09. The second-order valence-electron chi connectivity index (χ2n) is 4.51. The van der Waals surface area contributed by atoms with Crippen molar-refractivity contribution in [3.8, 4) is 5.75 Å². The number of amides is 1. The van der Waals surface area contributed by atoms with Crippen LogP contribution in [-0.2, 0) is 6.54 Å². The molecule has 0 aliphatic rings. The Hall–Kier alpha value is -2.44. The molecule has 0 aliphatic heterocycles.